The lowest BCUT2D eigenvalue weighted by molar-refractivity contribution is -0.121. The predicted molar refractivity (Wildman–Crippen MR) is 73.6 cm³/mol. The van der Waals surface area contributed by atoms with Gasteiger partial charge in [0.2, 0.25) is 5.91 Å². The summed E-state index contributed by atoms with van der Waals surface area (Å²) in [6, 6.07) is 8.03. The minimum Gasteiger partial charge on any atom is -0.350 e. The first-order chi connectivity index (χ1) is 7.99. The van der Waals surface area contributed by atoms with Crippen LogP contribution in [0.3, 0.4) is 0 Å². The van der Waals surface area contributed by atoms with Gasteiger partial charge in [-0.05, 0) is 38.0 Å². The summed E-state index contributed by atoms with van der Waals surface area (Å²) < 4.78 is 1.02. The van der Waals surface area contributed by atoms with Crippen LogP contribution in [0.2, 0.25) is 0 Å². The Labute approximate surface area is 111 Å². The van der Waals surface area contributed by atoms with E-state index in [4.69, 9.17) is 5.73 Å². The van der Waals surface area contributed by atoms with Crippen molar-refractivity contribution in [1.29, 1.82) is 0 Å². The SMILES string of the molecule is CC(N)CCC(=O)NC(C)c1cccc(Br)c1. The molecule has 3 N–H and O–H groups in total. The van der Waals surface area contributed by atoms with Crippen LogP contribution in [0.4, 0.5) is 0 Å². The summed E-state index contributed by atoms with van der Waals surface area (Å²) in [6.07, 6.45) is 1.20. The second-order valence-electron chi connectivity index (χ2n) is 4.36. The van der Waals surface area contributed by atoms with Gasteiger partial charge in [-0.2, -0.15) is 0 Å². The van der Waals surface area contributed by atoms with E-state index in [1.165, 1.54) is 0 Å². The van der Waals surface area contributed by atoms with Gasteiger partial charge in [0.15, 0.2) is 0 Å². The Hall–Kier alpha value is -0.870. The van der Waals surface area contributed by atoms with Crippen molar-refractivity contribution in [1.82, 2.24) is 5.32 Å². The number of rotatable bonds is 5. The van der Waals surface area contributed by atoms with Gasteiger partial charge in [-0.1, -0.05) is 28.1 Å². The van der Waals surface area contributed by atoms with Crippen molar-refractivity contribution in [3.8, 4) is 0 Å². The maximum Gasteiger partial charge on any atom is 0.220 e. The summed E-state index contributed by atoms with van der Waals surface area (Å²) in [5.74, 6) is 0.0507. The zero-order valence-electron chi connectivity index (χ0n) is 10.2. The van der Waals surface area contributed by atoms with Crippen LogP contribution >= 0.6 is 15.9 Å². The van der Waals surface area contributed by atoms with Gasteiger partial charge in [0, 0.05) is 16.9 Å². The molecule has 0 aliphatic carbocycles. The van der Waals surface area contributed by atoms with Gasteiger partial charge in [-0.15, -0.1) is 0 Å². The van der Waals surface area contributed by atoms with E-state index in [1.807, 2.05) is 38.1 Å². The molecule has 0 saturated carbocycles. The number of nitrogens with two attached hydrogens (primary N) is 1. The molecule has 1 aromatic carbocycles. The highest BCUT2D eigenvalue weighted by atomic mass is 79.9. The average Bonchev–Trinajstić information content (AvgIpc) is 2.26. The van der Waals surface area contributed by atoms with E-state index in [2.05, 4.69) is 21.2 Å². The van der Waals surface area contributed by atoms with E-state index in [0.717, 1.165) is 16.5 Å². The normalized spacial score (nSPS) is 14.1. The molecule has 1 aromatic rings. The van der Waals surface area contributed by atoms with Crippen LogP contribution in [0.5, 0.6) is 0 Å². The van der Waals surface area contributed by atoms with Crippen molar-refractivity contribution in [2.75, 3.05) is 0 Å². The van der Waals surface area contributed by atoms with E-state index >= 15 is 0 Å². The fraction of sp³-hybridized carbons (Fsp3) is 0.462. The lowest BCUT2D eigenvalue weighted by Crippen LogP contribution is -2.28. The van der Waals surface area contributed by atoms with Gasteiger partial charge in [0.05, 0.1) is 6.04 Å². The smallest absolute Gasteiger partial charge is 0.220 e. The molecule has 0 bridgehead atoms. The molecule has 1 amide bonds. The fourth-order valence-electron chi connectivity index (χ4n) is 1.53. The fourth-order valence-corrected chi connectivity index (χ4v) is 1.95. The zero-order chi connectivity index (χ0) is 12.8. The Morgan fingerprint density at radius 1 is 1.47 bits per heavy atom. The topological polar surface area (TPSA) is 55.1 Å². The van der Waals surface area contributed by atoms with Crippen molar-refractivity contribution >= 4 is 21.8 Å². The highest BCUT2D eigenvalue weighted by molar-refractivity contribution is 9.10. The van der Waals surface area contributed by atoms with Crippen LogP contribution in [0.15, 0.2) is 28.7 Å². The zero-order valence-corrected chi connectivity index (χ0v) is 11.8. The number of hydrogen-bond donors (Lipinski definition) is 2. The molecule has 0 fully saturated rings. The molecule has 3 nitrogen and oxygen atoms in total. The van der Waals surface area contributed by atoms with Crippen molar-refractivity contribution in [2.24, 2.45) is 5.73 Å². The summed E-state index contributed by atoms with van der Waals surface area (Å²) >= 11 is 3.42. The first-order valence-corrected chi connectivity index (χ1v) is 6.58. The molecule has 0 saturated heterocycles. The van der Waals surface area contributed by atoms with Gasteiger partial charge < -0.3 is 11.1 Å². The van der Waals surface area contributed by atoms with Crippen molar-refractivity contribution < 1.29 is 4.79 Å². The molecule has 17 heavy (non-hydrogen) atoms. The Morgan fingerprint density at radius 2 is 2.18 bits per heavy atom. The van der Waals surface area contributed by atoms with E-state index in [1.54, 1.807) is 0 Å². The van der Waals surface area contributed by atoms with Crippen LogP contribution in [0.1, 0.15) is 38.3 Å². The second kappa shape index (κ2) is 6.77. The largest absolute Gasteiger partial charge is 0.350 e. The van der Waals surface area contributed by atoms with E-state index < -0.39 is 0 Å². The molecule has 0 radical (unpaired) electrons. The van der Waals surface area contributed by atoms with E-state index in [9.17, 15) is 4.79 Å². The summed E-state index contributed by atoms with van der Waals surface area (Å²) in [7, 11) is 0. The van der Waals surface area contributed by atoms with Gasteiger partial charge in [-0.3, -0.25) is 4.79 Å². The molecular formula is C13H19BrN2O. The molecule has 0 spiro atoms. The molecule has 0 aliphatic rings. The number of carbonyl (C=O) groups excluding carboxylic acids is 1. The lowest BCUT2D eigenvalue weighted by atomic mass is 10.1. The summed E-state index contributed by atoms with van der Waals surface area (Å²) in [5, 5.41) is 2.96. The van der Waals surface area contributed by atoms with Crippen molar-refractivity contribution in [2.45, 2.75) is 38.8 Å². The highest BCUT2D eigenvalue weighted by Gasteiger charge is 2.10. The van der Waals surface area contributed by atoms with E-state index in [-0.39, 0.29) is 18.0 Å². The van der Waals surface area contributed by atoms with Crippen molar-refractivity contribution in [3.05, 3.63) is 34.3 Å². The third kappa shape index (κ3) is 5.33. The van der Waals surface area contributed by atoms with Crippen LogP contribution < -0.4 is 11.1 Å². The first-order valence-electron chi connectivity index (χ1n) is 5.79. The molecule has 0 heterocycles. The molecule has 4 heteroatoms. The van der Waals surface area contributed by atoms with Crippen LogP contribution in [-0.4, -0.2) is 11.9 Å². The molecule has 94 valence electrons. The Kier molecular flexibility index (Phi) is 5.65. The summed E-state index contributed by atoms with van der Waals surface area (Å²) in [5.41, 5.74) is 6.71. The standard InChI is InChI=1S/C13H19BrN2O/c1-9(15)6-7-13(17)16-10(2)11-4-3-5-12(14)8-11/h3-5,8-10H,6-7,15H2,1-2H3,(H,16,17). The number of nitrogens with one attached hydrogen (secondary N) is 1. The molecular weight excluding hydrogens is 280 g/mol. The maximum atomic E-state index is 11.6. The number of amides is 1. The van der Waals surface area contributed by atoms with E-state index in [0.29, 0.717) is 6.42 Å². The molecule has 1 rings (SSSR count). The monoisotopic (exact) mass is 298 g/mol. The number of carbonyl (C=O) groups is 1. The van der Waals surface area contributed by atoms with Crippen LogP contribution in [0.25, 0.3) is 0 Å². The Balaban J connectivity index is 2.48. The van der Waals surface area contributed by atoms with Crippen LogP contribution in [0, 0.1) is 0 Å². The van der Waals surface area contributed by atoms with Gasteiger partial charge in [0.1, 0.15) is 0 Å². The van der Waals surface area contributed by atoms with Crippen molar-refractivity contribution in [3.63, 3.8) is 0 Å². The summed E-state index contributed by atoms with van der Waals surface area (Å²) in [4.78, 5) is 11.6. The number of hydrogen-bond acceptors (Lipinski definition) is 2. The molecule has 0 aromatic heterocycles. The third-order valence-electron chi connectivity index (χ3n) is 2.55. The van der Waals surface area contributed by atoms with Crippen LogP contribution in [-0.2, 0) is 4.79 Å². The lowest BCUT2D eigenvalue weighted by Gasteiger charge is -2.15. The Morgan fingerprint density at radius 3 is 2.76 bits per heavy atom. The average molecular weight is 299 g/mol. The van der Waals surface area contributed by atoms with Gasteiger partial charge >= 0.3 is 0 Å². The minimum atomic E-state index is 0.0214. The summed E-state index contributed by atoms with van der Waals surface area (Å²) in [6.45, 7) is 3.89. The molecule has 0 aliphatic heterocycles. The quantitative estimate of drug-likeness (QED) is 0.878. The minimum absolute atomic E-state index is 0.0214. The molecule has 2 unspecified atom stereocenters. The number of benzene rings is 1. The molecule has 2 atom stereocenters. The maximum absolute atomic E-state index is 11.6. The predicted octanol–water partition coefficient (Wildman–Crippen LogP) is 2.75. The Bertz CT molecular complexity index is 379. The first kappa shape index (κ1) is 14.2. The van der Waals surface area contributed by atoms with Gasteiger partial charge in [-0.25, -0.2) is 0 Å². The highest BCUT2D eigenvalue weighted by Crippen LogP contribution is 2.17. The second-order valence-corrected chi connectivity index (χ2v) is 5.28. The van der Waals surface area contributed by atoms with Gasteiger partial charge in [0.25, 0.3) is 0 Å². The third-order valence-corrected chi connectivity index (χ3v) is 3.05. The number of halogens is 1.